The molecule has 0 bridgehead atoms. The van der Waals surface area contributed by atoms with E-state index in [9.17, 15) is 24.5 Å². The molecule has 11 heteroatoms. The first-order chi connectivity index (χ1) is 22.4. The lowest BCUT2D eigenvalue weighted by atomic mass is 10.2. The van der Waals surface area contributed by atoms with Gasteiger partial charge in [-0.15, -0.1) is 0 Å². The fraction of sp³-hybridized carbons (Fsp3) is 0.0857. The van der Waals surface area contributed by atoms with Crippen molar-refractivity contribution in [3.63, 3.8) is 0 Å². The van der Waals surface area contributed by atoms with Gasteiger partial charge in [-0.1, -0.05) is 103 Å². The van der Waals surface area contributed by atoms with Crippen LogP contribution in [0.5, 0.6) is 0 Å². The number of non-ortho nitro benzene ring substituents is 1. The lowest BCUT2D eigenvalue weighted by molar-refractivity contribution is -0.384. The summed E-state index contributed by atoms with van der Waals surface area (Å²) in [5.74, 6) is -0.909. The summed E-state index contributed by atoms with van der Waals surface area (Å²) in [4.78, 5) is 53.6. The standard InChI is InChI=1S/C35H27N2O7PS/c38-31-23-32(46-35(40)30-17-10-22-43-30)36(31)33(34(39)44-24-25-18-20-26(21-19-25)37(41)42)45(27-11-4-1-5-12-27,28-13-6-2-7-14-28)29-15-8-3-9-16-29/h1-22,32H,23-24H2/t32-/m1/s1. The highest BCUT2D eigenvalue weighted by molar-refractivity contribution is 8.14. The molecule has 4 aromatic carbocycles. The molecule has 1 fully saturated rings. The zero-order chi connectivity index (χ0) is 32.1. The number of nitro groups is 1. The lowest BCUT2D eigenvalue weighted by Crippen LogP contribution is -2.58. The molecule has 6 rings (SSSR count). The van der Waals surface area contributed by atoms with Crippen molar-refractivity contribution in [2.24, 2.45) is 0 Å². The van der Waals surface area contributed by atoms with E-state index in [1.165, 1.54) is 35.4 Å². The van der Waals surface area contributed by atoms with Crippen molar-refractivity contribution in [2.75, 3.05) is 0 Å². The molecule has 230 valence electrons. The zero-order valence-electron chi connectivity index (χ0n) is 24.3. The topological polar surface area (TPSA) is 120 Å². The number of benzene rings is 4. The number of ether oxygens (including phenoxy) is 1. The number of nitro benzene ring substituents is 1. The van der Waals surface area contributed by atoms with Crippen LogP contribution in [-0.4, -0.2) is 37.6 Å². The summed E-state index contributed by atoms with van der Waals surface area (Å²) in [6.07, 6.45) is 1.44. The third-order valence-electron chi connectivity index (χ3n) is 7.55. The molecule has 2 heterocycles. The monoisotopic (exact) mass is 650 g/mol. The van der Waals surface area contributed by atoms with Gasteiger partial charge in [0.05, 0.1) is 23.0 Å². The molecule has 1 amide bonds. The second kappa shape index (κ2) is 13.4. The van der Waals surface area contributed by atoms with Crippen LogP contribution >= 0.6 is 18.6 Å². The Morgan fingerprint density at radius 2 is 1.37 bits per heavy atom. The Balaban J connectivity index is 1.57. The predicted octanol–water partition coefficient (Wildman–Crippen LogP) is 5.49. The normalized spacial score (nSPS) is 14.3. The van der Waals surface area contributed by atoms with Crippen molar-refractivity contribution < 1.29 is 28.5 Å². The summed E-state index contributed by atoms with van der Waals surface area (Å²) < 4.78 is 11.3. The summed E-state index contributed by atoms with van der Waals surface area (Å²) in [7, 11) is 0. The van der Waals surface area contributed by atoms with Gasteiger partial charge in [0.15, 0.2) is 5.76 Å². The van der Waals surface area contributed by atoms with E-state index in [1.54, 1.807) is 12.1 Å². The van der Waals surface area contributed by atoms with Gasteiger partial charge in [-0.05, 0) is 45.7 Å². The second-order valence-corrected chi connectivity index (χ2v) is 14.8. The Bertz CT molecular complexity index is 1830. The molecule has 1 aliphatic heterocycles. The number of nitrogens with zero attached hydrogens (tertiary/aromatic N) is 2. The number of likely N-dealkylation sites (tertiary alicyclic amines) is 1. The maximum Gasteiger partial charge on any atom is 0.356 e. The Kier molecular flexibility index (Phi) is 9.01. The molecule has 0 N–H and O–H groups in total. The minimum Gasteiger partial charge on any atom is -0.460 e. The van der Waals surface area contributed by atoms with Crippen molar-refractivity contribution in [2.45, 2.75) is 18.4 Å². The number of amides is 1. The maximum atomic E-state index is 14.7. The molecule has 9 nitrogen and oxygen atoms in total. The highest BCUT2D eigenvalue weighted by Crippen LogP contribution is 2.49. The first kappa shape index (κ1) is 30.8. The van der Waals surface area contributed by atoms with Gasteiger partial charge in [0, 0.05) is 19.0 Å². The number of carbonyl (C=O) groups excluding carboxylic acids is 3. The molecular weight excluding hydrogens is 623 g/mol. The fourth-order valence-electron chi connectivity index (χ4n) is 5.41. The number of β-lactam (4-membered cyclic amide) rings is 1. The van der Waals surface area contributed by atoms with Gasteiger partial charge in [-0.3, -0.25) is 24.6 Å². The third kappa shape index (κ3) is 5.92. The summed E-state index contributed by atoms with van der Waals surface area (Å²) in [5, 5.41) is 12.5. The van der Waals surface area contributed by atoms with Crippen LogP contribution in [0.4, 0.5) is 5.69 Å². The first-order valence-electron chi connectivity index (χ1n) is 14.3. The number of hydrogen-bond donors (Lipinski definition) is 0. The number of furan rings is 1. The van der Waals surface area contributed by atoms with Gasteiger partial charge in [-0.25, -0.2) is 4.79 Å². The van der Waals surface area contributed by atoms with Crippen LogP contribution < -0.4 is 15.9 Å². The molecule has 0 saturated carbocycles. The molecule has 1 atom stereocenters. The van der Waals surface area contributed by atoms with Crippen LogP contribution in [0.15, 0.2) is 138 Å². The van der Waals surface area contributed by atoms with Crippen molar-refractivity contribution >= 4 is 62.7 Å². The Hall–Kier alpha value is -5.18. The minimum atomic E-state index is -3.15. The summed E-state index contributed by atoms with van der Waals surface area (Å²) in [5.41, 5.74) is 0.589. The molecule has 5 aromatic rings. The maximum absolute atomic E-state index is 14.7. The predicted molar refractivity (Wildman–Crippen MR) is 179 cm³/mol. The van der Waals surface area contributed by atoms with Crippen LogP contribution in [0.25, 0.3) is 0 Å². The Labute approximate surface area is 268 Å². The van der Waals surface area contributed by atoms with Gasteiger partial charge in [0.1, 0.15) is 12.0 Å². The van der Waals surface area contributed by atoms with Crippen LogP contribution in [0.3, 0.4) is 0 Å². The van der Waals surface area contributed by atoms with Crippen molar-refractivity contribution in [1.82, 2.24) is 4.90 Å². The molecule has 0 radical (unpaired) electrons. The van der Waals surface area contributed by atoms with Crippen LogP contribution in [-0.2, 0) is 20.9 Å². The number of rotatable bonds is 10. The minimum absolute atomic E-state index is 0.0363. The van der Waals surface area contributed by atoms with E-state index in [4.69, 9.17) is 9.15 Å². The van der Waals surface area contributed by atoms with Crippen LogP contribution in [0.2, 0.25) is 0 Å². The number of carbonyl (C=O) groups is 3. The molecule has 0 spiro atoms. The zero-order valence-corrected chi connectivity index (χ0v) is 26.0. The SMILES string of the molecule is O=C(OCc1ccc([N+](=O)[O-])cc1)C(N1C(=O)C[C@H]1SC(=O)c1ccco1)=P(c1ccccc1)(c1ccccc1)c1ccccc1. The fourth-order valence-corrected chi connectivity index (χ4v) is 10.9. The number of thioether (sulfide) groups is 1. The summed E-state index contributed by atoms with van der Waals surface area (Å²) in [6.45, 7) is -3.34. The van der Waals surface area contributed by atoms with Gasteiger partial charge in [0.25, 0.3) is 10.8 Å². The highest BCUT2D eigenvalue weighted by Gasteiger charge is 2.48. The van der Waals surface area contributed by atoms with Gasteiger partial charge >= 0.3 is 5.97 Å². The summed E-state index contributed by atoms with van der Waals surface area (Å²) in [6, 6.07) is 37.5. The molecule has 0 aliphatic carbocycles. The van der Waals surface area contributed by atoms with Gasteiger partial charge in [0.2, 0.25) is 5.91 Å². The van der Waals surface area contributed by atoms with E-state index >= 15 is 0 Å². The number of hydrogen-bond acceptors (Lipinski definition) is 8. The Morgan fingerprint density at radius 3 is 1.83 bits per heavy atom. The van der Waals surface area contributed by atoms with E-state index in [0.717, 1.165) is 27.7 Å². The van der Waals surface area contributed by atoms with Gasteiger partial charge in [-0.2, -0.15) is 0 Å². The van der Waals surface area contributed by atoms with E-state index in [2.05, 4.69) is 0 Å². The molecule has 1 aliphatic rings. The van der Waals surface area contributed by atoms with E-state index in [0.29, 0.717) is 5.56 Å². The lowest BCUT2D eigenvalue weighted by Gasteiger charge is -2.44. The summed E-state index contributed by atoms with van der Waals surface area (Å²) >= 11 is 0.920. The van der Waals surface area contributed by atoms with E-state index in [1.807, 2.05) is 91.0 Å². The average Bonchev–Trinajstić information content (AvgIpc) is 3.64. The van der Waals surface area contributed by atoms with Crippen LogP contribution in [0.1, 0.15) is 22.5 Å². The van der Waals surface area contributed by atoms with Crippen molar-refractivity contribution in [1.29, 1.82) is 0 Å². The Morgan fingerprint density at radius 1 is 0.826 bits per heavy atom. The molecule has 1 aromatic heterocycles. The number of esters is 1. The average molecular weight is 651 g/mol. The van der Waals surface area contributed by atoms with E-state index in [-0.39, 0.29) is 40.9 Å². The third-order valence-corrected chi connectivity index (χ3v) is 12.9. The molecule has 0 unspecified atom stereocenters. The van der Waals surface area contributed by atoms with Crippen molar-refractivity contribution in [3.8, 4) is 0 Å². The molecule has 46 heavy (non-hydrogen) atoms. The quantitative estimate of drug-likeness (QED) is 0.0641. The van der Waals surface area contributed by atoms with E-state index < -0.39 is 23.2 Å². The smallest absolute Gasteiger partial charge is 0.356 e. The van der Waals surface area contributed by atoms with Gasteiger partial charge < -0.3 is 9.15 Å². The highest BCUT2D eigenvalue weighted by atomic mass is 32.2. The first-order valence-corrected chi connectivity index (χ1v) is 17.0. The van der Waals surface area contributed by atoms with Crippen molar-refractivity contribution in [3.05, 3.63) is 155 Å². The molecular formula is C35H27N2O7PS. The van der Waals surface area contributed by atoms with Crippen LogP contribution in [0, 0.1) is 10.1 Å². The largest absolute Gasteiger partial charge is 0.460 e. The second-order valence-electron chi connectivity index (χ2n) is 10.3. The molecule has 1 saturated heterocycles.